The normalized spacial score (nSPS) is 12.3. The molecule has 1 unspecified atom stereocenters. The molecule has 1 aromatic heterocycles. The first-order chi connectivity index (χ1) is 14.4. The molecule has 0 aliphatic heterocycles. The van der Waals surface area contributed by atoms with Crippen LogP contribution in [0.25, 0.3) is 0 Å². The number of aldehydes is 1. The van der Waals surface area contributed by atoms with E-state index in [-0.39, 0.29) is 11.5 Å². The van der Waals surface area contributed by atoms with E-state index in [2.05, 4.69) is 4.98 Å². The van der Waals surface area contributed by atoms with Crippen molar-refractivity contribution in [3.05, 3.63) is 89.2 Å². The highest BCUT2D eigenvalue weighted by atomic mass is 32.2. The Morgan fingerprint density at radius 3 is 2.27 bits per heavy atom. The standard InChI is InChI=1S/C23H23NO5S/c1-3-18-8-13-22(24-14-18)23(16-28-20-9-6-19(15-25)7-10-20)29-30(26,27)21-11-4-17(2)5-12-21/h4-15,23H,3,16H2,1-2H3. The predicted molar refractivity (Wildman–Crippen MR) is 113 cm³/mol. The zero-order valence-corrected chi connectivity index (χ0v) is 17.6. The number of rotatable bonds is 9. The molecule has 3 aromatic rings. The first-order valence-corrected chi connectivity index (χ1v) is 10.9. The van der Waals surface area contributed by atoms with Gasteiger partial charge in [-0.2, -0.15) is 8.42 Å². The van der Waals surface area contributed by atoms with Gasteiger partial charge in [-0.1, -0.05) is 30.7 Å². The number of carbonyl (C=O) groups excluding carboxylic acids is 1. The average molecular weight is 426 g/mol. The molecule has 0 aliphatic rings. The van der Waals surface area contributed by atoms with Crippen LogP contribution >= 0.6 is 0 Å². The Labute approximate surface area is 176 Å². The van der Waals surface area contributed by atoms with Crippen LogP contribution in [0.5, 0.6) is 5.75 Å². The van der Waals surface area contributed by atoms with Crippen molar-refractivity contribution >= 4 is 16.4 Å². The molecular weight excluding hydrogens is 402 g/mol. The molecule has 7 heteroatoms. The van der Waals surface area contributed by atoms with Crippen LogP contribution in [0.4, 0.5) is 0 Å². The van der Waals surface area contributed by atoms with E-state index in [0.29, 0.717) is 17.0 Å². The molecule has 30 heavy (non-hydrogen) atoms. The number of nitrogens with zero attached hydrogens (tertiary/aromatic N) is 1. The van der Waals surface area contributed by atoms with Gasteiger partial charge in [0.1, 0.15) is 18.6 Å². The summed E-state index contributed by atoms with van der Waals surface area (Å²) in [6.45, 7) is 3.83. The molecule has 0 bridgehead atoms. The van der Waals surface area contributed by atoms with Crippen molar-refractivity contribution in [3.8, 4) is 5.75 Å². The van der Waals surface area contributed by atoms with E-state index in [1.165, 1.54) is 12.1 Å². The molecule has 0 fully saturated rings. The van der Waals surface area contributed by atoms with Gasteiger partial charge in [-0.25, -0.2) is 0 Å². The second kappa shape index (κ2) is 9.65. The third-order valence-corrected chi connectivity index (χ3v) is 5.89. The summed E-state index contributed by atoms with van der Waals surface area (Å²) in [6.07, 6.45) is 2.32. The molecule has 0 amide bonds. The second-order valence-corrected chi connectivity index (χ2v) is 8.37. The highest BCUT2D eigenvalue weighted by Gasteiger charge is 2.25. The molecule has 0 N–H and O–H groups in total. The number of ether oxygens (including phenoxy) is 1. The monoisotopic (exact) mass is 425 g/mol. The smallest absolute Gasteiger partial charge is 0.297 e. The van der Waals surface area contributed by atoms with E-state index < -0.39 is 16.2 Å². The molecule has 156 valence electrons. The second-order valence-electron chi connectivity index (χ2n) is 6.79. The fourth-order valence-electron chi connectivity index (χ4n) is 2.73. The average Bonchev–Trinajstić information content (AvgIpc) is 2.77. The van der Waals surface area contributed by atoms with E-state index in [4.69, 9.17) is 8.92 Å². The highest BCUT2D eigenvalue weighted by molar-refractivity contribution is 7.86. The van der Waals surface area contributed by atoms with Gasteiger partial charge in [0.15, 0.2) is 6.10 Å². The Hall–Kier alpha value is -3.03. The quantitative estimate of drug-likeness (QED) is 0.376. The van der Waals surface area contributed by atoms with Crippen molar-refractivity contribution in [1.82, 2.24) is 4.98 Å². The van der Waals surface area contributed by atoms with Crippen LogP contribution in [0.15, 0.2) is 71.8 Å². The van der Waals surface area contributed by atoms with Crippen molar-refractivity contribution < 1.29 is 22.1 Å². The van der Waals surface area contributed by atoms with E-state index >= 15 is 0 Å². The minimum Gasteiger partial charge on any atom is -0.490 e. The Morgan fingerprint density at radius 1 is 1.00 bits per heavy atom. The molecule has 0 radical (unpaired) electrons. The molecule has 0 aliphatic carbocycles. The third-order valence-electron chi connectivity index (χ3n) is 4.56. The summed E-state index contributed by atoms with van der Waals surface area (Å²) in [5.74, 6) is 0.493. The molecule has 0 saturated heterocycles. The largest absolute Gasteiger partial charge is 0.490 e. The first-order valence-electron chi connectivity index (χ1n) is 9.54. The molecule has 1 heterocycles. The zero-order chi connectivity index (χ0) is 21.6. The fraction of sp³-hybridized carbons (Fsp3) is 0.217. The van der Waals surface area contributed by atoms with Crippen LogP contribution in [0, 0.1) is 6.92 Å². The summed E-state index contributed by atoms with van der Waals surface area (Å²) >= 11 is 0. The maximum atomic E-state index is 12.8. The minimum absolute atomic E-state index is 0.0655. The lowest BCUT2D eigenvalue weighted by molar-refractivity contribution is 0.112. The fourth-order valence-corrected chi connectivity index (χ4v) is 3.77. The summed E-state index contributed by atoms with van der Waals surface area (Å²) in [7, 11) is -4.02. The van der Waals surface area contributed by atoms with Gasteiger partial charge >= 0.3 is 0 Å². The predicted octanol–water partition coefficient (Wildman–Crippen LogP) is 4.29. The van der Waals surface area contributed by atoms with E-state index in [0.717, 1.165) is 23.8 Å². The van der Waals surface area contributed by atoms with Gasteiger partial charge in [0.2, 0.25) is 0 Å². The molecule has 2 aromatic carbocycles. The zero-order valence-electron chi connectivity index (χ0n) is 16.8. The molecule has 1 atom stereocenters. The van der Waals surface area contributed by atoms with E-state index in [1.807, 2.05) is 19.9 Å². The van der Waals surface area contributed by atoms with Gasteiger partial charge in [0.25, 0.3) is 10.1 Å². The maximum Gasteiger partial charge on any atom is 0.297 e. The van der Waals surface area contributed by atoms with Crippen LogP contribution in [0.2, 0.25) is 0 Å². The summed E-state index contributed by atoms with van der Waals surface area (Å²) in [4.78, 5) is 15.2. The third kappa shape index (κ3) is 5.52. The lowest BCUT2D eigenvalue weighted by Crippen LogP contribution is -2.19. The number of pyridine rings is 1. The number of hydrogen-bond acceptors (Lipinski definition) is 6. The van der Waals surface area contributed by atoms with Gasteiger partial charge in [-0.3, -0.25) is 14.0 Å². The van der Waals surface area contributed by atoms with Crippen molar-refractivity contribution in [1.29, 1.82) is 0 Å². The Balaban J connectivity index is 1.83. The van der Waals surface area contributed by atoms with Crippen LogP contribution in [0.3, 0.4) is 0 Å². The van der Waals surface area contributed by atoms with Crippen LogP contribution in [0.1, 0.15) is 40.2 Å². The molecule has 3 rings (SSSR count). The highest BCUT2D eigenvalue weighted by Crippen LogP contribution is 2.25. The summed E-state index contributed by atoms with van der Waals surface area (Å²) in [6, 6.07) is 16.6. The van der Waals surface area contributed by atoms with E-state index in [9.17, 15) is 13.2 Å². The number of aryl methyl sites for hydroxylation is 2. The summed E-state index contributed by atoms with van der Waals surface area (Å²) in [5, 5.41) is 0. The van der Waals surface area contributed by atoms with Crippen molar-refractivity contribution in [2.75, 3.05) is 6.61 Å². The van der Waals surface area contributed by atoms with Gasteiger partial charge in [-0.15, -0.1) is 0 Å². The number of benzene rings is 2. The lowest BCUT2D eigenvalue weighted by atomic mass is 10.2. The topological polar surface area (TPSA) is 82.6 Å². The Morgan fingerprint density at radius 2 is 1.70 bits per heavy atom. The molecule has 0 spiro atoms. The minimum atomic E-state index is -4.02. The van der Waals surface area contributed by atoms with Gasteiger partial charge in [0, 0.05) is 11.8 Å². The van der Waals surface area contributed by atoms with Crippen molar-refractivity contribution in [2.45, 2.75) is 31.3 Å². The summed E-state index contributed by atoms with van der Waals surface area (Å²) < 4.78 is 36.9. The van der Waals surface area contributed by atoms with Crippen LogP contribution in [-0.2, 0) is 20.7 Å². The summed E-state index contributed by atoms with van der Waals surface area (Å²) in [5.41, 5.74) is 2.95. The number of hydrogen-bond donors (Lipinski definition) is 0. The Kier molecular flexibility index (Phi) is 6.97. The number of aromatic nitrogens is 1. The Bertz CT molecular complexity index is 1080. The maximum absolute atomic E-state index is 12.8. The molecule has 0 saturated carbocycles. The molecular formula is C23H23NO5S. The van der Waals surface area contributed by atoms with E-state index in [1.54, 1.807) is 48.7 Å². The van der Waals surface area contributed by atoms with Gasteiger partial charge in [0.05, 0.1) is 10.6 Å². The van der Waals surface area contributed by atoms with Gasteiger partial charge < -0.3 is 4.74 Å². The SMILES string of the molecule is CCc1ccc(C(COc2ccc(C=O)cc2)OS(=O)(=O)c2ccc(C)cc2)nc1. The van der Waals surface area contributed by atoms with Crippen molar-refractivity contribution in [2.24, 2.45) is 0 Å². The number of carbonyl (C=O) groups is 1. The van der Waals surface area contributed by atoms with Gasteiger partial charge in [-0.05, 0) is 61.4 Å². The first kappa shape index (κ1) is 21.7. The lowest BCUT2D eigenvalue weighted by Gasteiger charge is -2.18. The molecule has 6 nitrogen and oxygen atoms in total. The van der Waals surface area contributed by atoms with Crippen LogP contribution < -0.4 is 4.74 Å². The van der Waals surface area contributed by atoms with Crippen LogP contribution in [-0.4, -0.2) is 26.3 Å². The van der Waals surface area contributed by atoms with Crippen molar-refractivity contribution in [3.63, 3.8) is 0 Å².